The van der Waals surface area contributed by atoms with Crippen LogP contribution in [0.1, 0.15) is 0 Å². The zero-order valence-corrected chi connectivity index (χ0v) is 33.8. The summed E-state index contributed by atoms with van der Waals surface area (Å²) in [4.78, 5) is 15.0. The van der Waals surface area contributed by atoms with Gasteiger partial charge in [-0.2, -0.15) is 0 Å². The second-order valence-corrected chi connectivity index (χ2v) is 16.1. The molecular formula is C45H36B7N3S. The van der Waals surface area contributed by atoms with Crippen LogP contribution in [-0.2, 0) is 0 Å². The summed E-state index contributed by atoms with van der Waals surface area (Å²) in [6.45, 7) is 0. The summed E-state index contributed by atoms with van der Waals surface area (Å²) in [5, 5.41) is 2.82. The Morgan fingerprint density at radius 3 is 1.23 bits per heavy atom. The van der Waals surface area contributed by atoms with Crippen molar-refractivity contribution in [1.29, 1.82) is 0 Å². The molecule has 0 aliphatic rings. The maximum atomic E-state index is 5.04. The third kappa shape index (κ3) is 6.15. The summed E-state index contributed by atoms with van der Waals surface area (Å²) in [6.07, 6.45) is 0. The fraction of sp³-hybridized carbons (Fsp3) is 0. The van der Waals surface area contributed by atoms with Gasteiger partial charge in [-0.1, -0.05) is 155 Å². The predicted molar refractivity (Wildman–Crippen MR) is 263 cm³/mol. The minimum absolute atomic E-state index is 0.648. The zero-order valence-electron chi connectivity index (χ0n) is 33.0. The number of hydrogen-bond donors (Lipinski definition) is 0. The van der Waals surface area contributed by atoms with Crippen LogP contribution in [0.3, 0.4) is 0 Å². The lowest BCUT2D eigenvalue weighted by atomic mass is 9.64. The molecule has 0 fully saturated rings. The molecule has 9 aromatic rings. The van der Waals surface area contributed by atoms with Crippen LogP contribution in [0.25, 0.3) is 87.7 Å². The summed E-state index contributed by atoms with van der Waals surface area (Å²) in [7, 11) is 16.0. The largest absolute Gasteiger partial charge is 0.208 e. The molecule has 0 saturated heterocycles. The van der Waals surface area contributed by atoms with E-state index < -0.39 is 0 Å². The van der Waals surface area contributed by atoms with Gasteiger partial charge in [0.05, 0.1) is 0 Å². The van der Waals surface area contributed by atoms with Gasteiger partial charge in [0.15, 0.2) is 17.5 Å². The van der Waals surface area contributed by atoms with Gasteiger partial charge in [0, 0.05) is 31.5 Å². The first-order valence-corrected chi connectivity index (χ1v) is 20.1. The van der Waals surface area contributed by atoms with Gasteiger partial charge in [-0.3, -0.25) is 0 Å². The molecule has 0 bridgehead atoms. The maximum absolute atomic E-state index is 5.04. The molecule has 2 heterocycles. The van der Waals surface area contributed by atoms with E-state index in [2.05, 4.69) is 152 Å². The first kappa shape index (κ1) is 35.9. The Balaban J connectivity index is 1.12. The molecule has 0 aliphatic carbocycles. The highest BCUT2D eigenvalue weighted by Crippen LogP contribution is 2.37. The van der Waals surface area contributed by atoms with E-state index in [9.17, 15) is 0 Å². The van der Waals surface area contributed by atoms with Gasteiger partial charge in [-0.25, -0.2) is 15.0 Å². The molecule has 3 nitrogen and oxygen atoms in total. The Morgan fingerprint density at radius 1 is 0.304 bits per heavy atom. The van der Waals surface area contributed by atoms with E-state index in [-0.39, 0.29) is 0 Å². The Hall–Kier alpha value is -5.78. The van der Waals surface area contributed by atoms with Gasteiger partial charge < -0.3 is 0 Å². The van der Waals surface area contributed by atoms with Gasteiger partial charge in [-0.05, 0) is 44.8 Å². The number of hydrogen-bond acceptors (Lipinski definition) is 4. The number of nitrogens with zero attached hydrogens (tertiary/aromatic N) is 3. The van der Waals surface area contributed by atoms with Crippen LogP contribution in [0.5, 0.6) is 0 Å². The second kappa shape index (κ2) is 14.4. The summed E-state index contributed by atoms with van der Waals surface area (Å²) in [5.41, 5.74) is 19.8. The number of fused-ring (bicyclic) bond motifs is 3. The monoisotopic (exact) mass is 727 g/mol. The Kier molecular flexibility index (Phi) is 9.22. The fourth-order valence-corrected chi connectivity index (χ4v) is 9.60. The van der Waals surface area contributed by atoms with Gasteiger partial charge in [0.1, 0.15) is 54.9 Å². The summed E-state index contributed by atoms with van der Waals surface area (Å²) < 4.78 is 2.82. The molecule has 0 amide bonds. The molecule has 0 unspecified atom stereocenters. The van der Waals surface area contributed by atoms with Crippen molar-refractivity contribution in [3.8, 4) is 67.5 Å². The van der Waals surface area contributed by atoms with Gasteiger partial charge in [-0.15, -0.1) is 22.3 Å². The Morgan fingerprint density at radius 2 is 0.679 bits per heavy atom. The predicted octanol–water partition coefficient (Wildman–Crippen LogP) is 0.0503. The molecule has 0 spiro atoms. The molecule has 7 aromatic carbocycles. The van der Waals surface area contributed by atoms with E-state index in [4.69, 9.17) is 15.0 Å². The van der Waals surface area contributed by atoms with Gasteiger partial charge in [0.2, 0.25) is 0 Å². The van der Waals surface area contributed by atoms with E-state index in [1.54, 1.807) is 0 Å². The van der Waals surface area contributed by atoms with Crippen LogP contribution < -0.4 is 38.2 Å². The summed E-state index contributed by atoms with van der Waals surface area (Å²) in [6, 6.07) is 46.8. The number of rotatable bonds is 6. The molecule has 0 aliphatic heterocycles. The third-order valence-corrected chi connectivity index (χ3v) is 13.4. The van der Waals surface area contributed by atoms with Crippen LogP contribution in [0.15, 0.2) is 133 Å². The fourth-order valence-electron chi connectivity index (χ4n) is 8.12. The van der Waals surface area contributed by atoms with Crippen molar-refractivity contribution >= 4 is 125 Å². The lowest BCUT2D eigenvalue weighted by Gasteiger charge is -2.18. The third-order valence-electron chi connectivity index (χ3n) is 11.9. The van der Waals surface area contributed by atoms with Crippen molar-refractivity contribution in [1.82, 2.24) is 15.0 Å². The molecule has 0 atom stereocenters. The molecule has 56 heavy (non-hydrogen) atoms. The molecule has 9 rings (SSSR count). The minimum Gasteiger partial charge on any atom is -0.208 e. The van der Waals surface area contributed by atoms with Crippen molar-refractivity contribution in [3.05, 3.63) is 133 Å². The molecule has 0 radical (unpaired) electrons. The SMILES string of the molecule is Bc1c(B)c(B)c2c(sc3c(B)c(B)c(B)c(-c4cccc(-c5ccc(-c6nc(-c7ccccc7)nc(-c7ccc(-c8ccccc8)cc7)n6)cc5)c4)c32)c1B. The van der Waals surface area contributed by atoms with Crippen molar-refractivity contribution < 1.29 is 0 Å². The zero-order chi connectivity index (χ0) is 38.7. The van der Waals surface area contributed by atoms with Crippen molar-refractivity contribution in [2.45, 2.75) is 0 Å². The number of thiophene rings is 1. The van der Waals surface area contributed by atoms with Gasteiger partial charge >= 0.3 is 0 Å². The highest BCUT2D eigenvalue weighted by molar-refractivity contribution is 7.28. The van der Waals surface area contributed by atoms with Crippen LogP contribution >= 0.6 is 11.3 Å². The molecule has 0 N–H and O–H groups in total. The van der Waals surface area contributed by atoms with Crippen molar-refractivity contribution in [3.63, 3.8) is 0 Å². The lowest BCUT2D eigenvalue weighted by Crippen LogP contribution is -2.47. The molecular weight excluding hydrogens is 690 g/mol. The quantitative estimate of drug-likeness (QED) is 0.228. The smallest absolute Gasteiger partial charge is 0.164 e. The van der Waals surface area contributed by atoms with Crippen LogP contribution in [-0.4, -0.2) is 69.9 Å². The first-order chi connectivity index (χ1) is 27.2. The Labute approximate surface area is 338 Å². The maximum Gasteiger partial charge on any atom is 0.164 e. The normalized spacial score (nSPS) is 11.4. The van der Waals surface area contributed by atoms with Crippen LogP contribution in [0.4, 0.5) is 0 Å². The topological polar surface area (TPSA) is 38.7 Å². The summed E-state index contributed by atoms with van der Waals surface area (Å²) >= 11 is 1.97. The minimum atomic E-state index is 0.648. The number of aromatic nitrogens is 3. The second-order valence-electron chi connectivity index (χ2n) is 15.0. The van der Waals surface area contributed by atoms with E-state index >= 15 is 0 Å². The van der Waals surface area contributed by atoms with E-state index in [0.29, 0.717) is 17.5 Å². The number of benzene rings is 7. The van der Waals surface area contributed by atoms with Crippen LogP contribution in [0.2, 0.25) is 0 Å². The van der Waals surface area contributed by atoms with Crippen LogP contribution in [0, 0.1) is 0 Å². The summed E-state index contributed by atoms with van der Waals surface area (Å²) in [5.74, 6) is 1.95. The van der Waals surface area contributed by atoms with Crippen molar-refractivity contribution in [2.75, 3.05) is 0 Å². The average molecular weight is 727 g/mol. The van der Waals surface area contributed by atoms with E-state index in [1.165, 1.54) is 80.7 Å². The van der Waals surface area contributed by atoms with E-state index in [1.807, 2.05) is 47.7 Å². The standard InChI is InChI=1S/C45H36B7N3S/c46-34-31(32-33-35(47)36(48)38(50)40(52)42(33)56-41(32)39(51)37(34)49)30-13-7-12-29(22-30)25-16-20-28(21-17-25)45-54-43(26-10-5-2-6-11-26)53-44(55-45)27-18-14-24(15-19-27)23-8-3-1-4-9-23/h1-22H,46-52H2. The van der Waals surface area contributed by atoms with E-state index in [0.717, 1.165) is 27.8 Å². The molecule has 258 valence electrons. The van der Waals surface area contributed by atoms with Crippen molar-refractivity contribution in [2.24, 2.45) is 0 Å². The molecule has 0 saturated carbocycles. The Bertz CT molecular complexity index is 2970. The highest BCUT2D eigenvalue weighted by atomic mass is 32.1. The average Bonchev–Trinajstić information content (AvgIpc) is 3.65. The highest BCUT2D eigenvalue weighted by Gasteiger charge is 2.22. The first-order valence-electron chi connectivity index (χ1n) is 19.3. The molecule has 11 heteroatoms. The lowest BCUT2D eigenvalue weighted by molar-refractivity contribution is 1.07. The van der Waals surface area contributed by atoms with Gasteiger partial charge in [0.25, 0.3) is 0 Å². The molecule has 2 aromatic heterocycles.